The van der Waals surface area contributed by atoms with Gasteiger partial charge in [-0.05, 0) is 30.4 Å². The van der Waals surface area contributed by atoms with Crippen molar-refractivity contribution in [3.8, 4) is 0 Å². The molecule has 1 heterocycles. The third kappa shape index (κ3) is 2.41. The Bertz CT molecular complexity index is 552. The Hall–Kier alpha value is -1.88. The Balaban J connectivity index is 1.58. The first kappa shape index (κ1) is 13.1. The van der Waals surface area contributed by atoms with Gasteiger partial charge < -0.3 is 15.7 Å². The number of amides is 1. The Kier molecular flexibility index (Phi) is 3.22. The highest BCUT2D eigenvalue weighted by molar-refractivity contribution is 5.84. The van der Waals surface area contributed by atoms with Crippen molar-refractivity contribution < 1.29 is 14.7 Å². The number of benzene rings is 1. The Morgan fingerprint density at radius 2 is 2.00 bits per heavy atom. The summed E-state index contributed by atoms with van der Waals surface area (Å²) in [5.74, 6) is -0.910. The van der Waals surface area contributed by atoms with Gasteiger partial charge >= 0.3 is 5.97 Å². The summed E-state index contributed by atoms with van der Waals surface area (Å²) in [6.45, 7) is 0.916. The molecule has 1 aliphatic heterocycles. The van der Waals surface area contributed by atoms with Crippen LogP contribution in [0.3, 0.4) is 0 Å². The first-order chi connectivity index (χ1) is 9.61. The molecule has 1 aromatic rings. The van der Waals surface area contributed by atoms with Crippen molar-refractivity contribution in [3.05, 3.63) is 35.4 Å². The number of carbonyl (C=O) groups is 2. The second kappa shape index (κ2) is 4.90. The van der Waals surface area contributed by atoms with Crippen molar-refractivity contribution in [3.63, 3.8) is 0 Å². The summed E-state index contributed by atoms with van der Waals surface area (Å²) in [5, 5.41) is 15.1. The maximum Gasteiger partial charge on any atom is 0.311 e. The van der Waals surface area contributed by atoms with Crippen LogP contribution in [0.1, 0.15) is 24.0 Å². The first-order valence-electron chi connectivity index (χ1n) is 6.92. The van der Waals surface area contributed by atoms with E-state index in [2.05, 4.69) is 16.7 Å². The quantitative estimate of drug-likeness (QED) is 0.754. The minimum atomic E-state index is -0.806. The van der Waals surface area contributed by atoms with Gasteiger partial charge in [-0.25, -0.2) is 0 Å². The van der Waals surface area contributed by atoms with Crippen LogP contribution in [0.5, 0.6) is 0 Å². The fraction of sp³-hybridized carbons (Fsp3) is 0.467. The molecule has 0 spiro atoms. The average molecular weight is 274 g/mol. The fourth-order valence-corrected chi connectivity index (χ4v) is 2.64. The van der Waals surface area contributed by atoms with Crippen LogP contribution >= 0.6 is 0 Å². The van der Waals surface area contributed by atoms with Gasteiger partial charge in [0, 0.05) is 13.1 Å². The Labute approximate surface area is 117 Å². The Morgan fingerprint density at radius 1 is 1.30 bits per heavy atom. The van der Waals surface area contributed by atoms with Crippen LogP contribution in [-0.4, -0.2) is 29.6 Å². The number of rotatable bonds is 4. The molecule has 1 saturated carbocycles. The molecule has 5 heteroatoms. The molecule has 106 valence electrons. The summed E-state index contributed by atoms with van der Waals surface area (Å²) in [7, 11) is 0. The number of fused-ring (bicyclic) bond motifs is 1. The van der Waals surface area contributed by atoms with E-state index >= 15 is 0 Å². The van der Waals surface area contributed by atoms with Gasteiger partial charge in [-0.2, -0.15) is 0 Å². The van der Waals surface area contributed by atoms with Crippen LogP contribution in [0, 0.1) is 5.41 Å². The van der Waals surface area contributed by atoms with E-state index in [1.165, 1.54) is 11.1 Å². The van der Waals surface area contributed by atoms with E-state index in [-0.39, 0.29) is 18.5 Å². The summed E-state index contributed by atoms with van der Waals surface area (Å²) in [6.07, 6.45) is 1.97. The number of carbonyl (C=O) groups excluding carboxylic acids is 1. The summed E-state index contributed by atoms with van der Waals surface area (Å²) < 4.78 is 0. The molecule has 1 fully saturated rings. The van der Waals surface area contributed by atoms with Gasteiger partial charge in [-0.3, -0.25) is 9.59 Å². The third-order valence-electron chi connectivity index (χ3n) is 4.31. The number of hydrogen-bond donors (Lipinski definition) is 3. The smallest absolute Gasteiger partial charge is 0.311 e. The van der Waals surface area contributed by atoms with Crippen LogP contribution in [0.25, 0.3) is 0 Å². The zero-order valence-electron chi connectivity index (χ0n) is 11.2. The second-order valence-corrected chi connectivity index (χ2v) is 5.71. The maximum atomic E-state index is 12.1. The van der Waals surface area contributed by atoms with E-state index in [1.54, 1.807) is 0 Å². The van der Waals surface area contributed by atoms with E-state index in [0.29, 0.717) is 25.8 Å². The molecule has 0 unspecified atom stereocenters. The van der Waals surface area contributed by atoms with Crippen LogP contribution in [0.2, 0.25) is 0 Å². The summed E-state index contributed by atoms with van der Waals surface area (Å²) in [6, 6.07) is 7.79. The molecule has 0 aromatic heterocycles. The predicted octanol–water partition coefficient (Wildman–Crippen LogP) is 0.682. The van der Waals surface area contributed by atoms with Crippen molar-refractivity contribution in [2.24, 2.45) is 5.41 Å². The monoisotopic (exact) mass is 274 g/mol. The number of nitrogens with one attached hydrogen (secondary N) is 2. The maximum absolute atomic E-state index is 12.1. The molecule has 0 bridgehead atoms. The number of carboxylic acids is 1. The van der Waals surface area contributed by atoms with Crippen molar-refractivity contribution >= 4 is 11.9 Å². The zero-order valence-corrected chi connectivity index (χ0v) is 11.2. The highest BCUT2D eigenvalue weighted by Gasteiger charge is 2.50. The molecule has 1 atom stereocenters. The van der Waals surface area contributed by atoms with E-state index in [4.69, 9.17) is 5.11 Å². The van der Waals surface area contributed by atoms with Gasteiger partial charge in [0.25, 0.3) is 0 Å². The molecule has 0 saturated heterocycles. The average Bonchev–Trinajstić information content (AvgIpc) is 3.25. The van der Waals surface area contributed by atoms with Gasteiger partial charge in [0.2, 0.25) is 5.91 Å². The van der Waals surface area contributed by atoms with Gasteiger partial charge in [0.15, 0.2) is 0 Å². The van der Waals surface area contributed by atoms with Crippen LogP contribution < -0.4 is 10.6 Å². The summed E-state index contributed by atoms with van der Waals surface area (Å²) >= 11 is 0. The highest BCUT2D eigenvalue weighted by Crippen LogP contribution is 2.45. The van der Waals surface area contributed by atoms with E-state index in [9.17, 15) is 9.59 Å². The van der Waals surface area contributed by atoms with Crippen LogP contribution in [-0.2, 0) is 22.6 Å². The lowest BCUT2D eigenvalue weighted by molar-refractivity contribution is -0.143. The number of hydrogen-bond acceptors (Lipinski definition) is 3. The largest absolute Gasteiger partial charge is 0.481 e. The number of carboxylic acid groups (broad SMARTS) is 1. The zero-order chi connectivity index (χ0) is 14.2. The molecule has 1 aliphatic carbocycles. The second-order valence-electron chi connectivity index (χ2n) is 5.71. The molecule has 3 N–H and O–H groups in total. The molecule has 20 heavy (non-hydrogen) atoms. The summed E-state index contributed by atoms with van der Waals surface area (Å²) in [4.78, 5) is 23.2. The van der Waals surface area contributed by atoms with Crippen LogP contribution in [0.4, 0.5) is 0 Å². The molecular formula is C15H18N2O3. The first-order valence-corrected chi connectivity index (χ1v) is 6.92. The normalized spacial score (nSPS) is 22.7. The lowest BCUT2D eigenvalue weighted by atomic mass is 9.95. The SMILES string of the molecule is O=C(NCC1(C(=O)O)CC1)[C@H]1Cc2ccccc2CN1. The molecule has 2 aliphatic rings. The van der Waals surface area contributed by atoms with Gasteiger partial charge in [-0.1, -0.05) is 24.3 Å². The van der Waals surface area contributed by atoms with E-state index < -0.39 is 11.4 Å². The molecule has 1 amide bonds. The Morgan fingerprint density at radius 3 is 2.65 bits per heavy atom. The van der Waals surface area contributed by atoms with Crippen molar-refractivity contribution in [1.29, 1.82) is 0 Å². The van der Waals surface area contributed by atoms with Crippen molar-refractivity contribution in [1.82, 2.24) is 10.6 Å². The van der Waals surface area contributed by atoms with Gasteiger partial charge in [-0.15, -0.1) is 0 Å². The van der Waals surface area contributed by atoms with Crippen molar-refractivity contribution in [2.75, 3.05) is 6.54 Å². The third-order valence-corrected chi connectivity index (χ3v) is 4.31. The molecule has 0 radical (unpaired) electrons. The predicted molar refractivity (Wildman–Crippen MR) is 73.1 cm³/mol. The van der Waals surface area contributed by atoms with E-state index in [0.717, 1.165) is 0 Å². The molecule has 5 nitrogen and oxygen atoms in total. The number of aliphatic carboxylic acids is 1. The van der Waals surface area contributed by atoms with E-state index in [1.807, 2.05) is 18.2 Å². The standard InChI is InChI=1S/C15H18N2O3/c18-13(17-9-15(5-6-15)14(19)20)12-7-10-3-1-2-4-11(10)8-16-12/h1-4,12,16H,5-9H2,(H,17,18)(H,19,20)/t12-/m1/s1. The molecule has 1 aromatic carbocycles. The van der Waals surface area contributed by atoms with Gasteiger partial charge in [0.1, 0.15) is 0 Å². The topological polar surface area (TPSA) is 78.4 Å². The lowest BCUT2D eigenvalue weighted by Gasteiger charge is -2.25. The molecular weight excluding hydrogens is 256 g/mol. The van der Waals surface area contributed by atoms with Gasteiger partial charge in [0.05, 0.1) is 11.5 Å². The van der Waals surface area contributed by atoms with Crippen LogP contribution in [0.15, 0.2) is 24.3 Å². The minimum Gasteiger partial charge on any atom is -0.481 e. The lowest BCUT2D eigenvalue weighted by Crippen LogP contribution is -2.49. The highest BCUT2D eigenvalue weighted by atomic mass is 16.4. The summed E-state index contributed by atoms with van der Waals surface area (Å²) in [5.41, 5.74) is 1.70. The fourth-order valence-electron chi connectivity index (χ4n) is 2.64. The minimum absolute atomic E-state index is 0.105. The van der Waals surface area contributed by atoms with Crippen molar-refractivity contribution in [2.45, 2.75) is 31.8 Å². The molecule has 3 rings (SSSR count).